The van der Waals surface area contributed by atoms with Crippen molar-refractivity contribution in [2.45, 2.75) is 13.8 Å². The van der Waals surface area contributed by atoms with Crippen LogP contribution < -0.4 is 29.6 Å². The van der Waals surface area contributed by atoms with E-state index < -0.39 is 23.1 Å². The van der Waals surface area contributed by atoms with E-state index in [1.54, 1.807) is 61.8 Å². The molecule has 1 heterocycles. The molecule has 5 rings (SSSR count). The summed E-state index contributed by atoms with van der Waals surface area (Å²) in [5, 5.41) is 6.20. The normalized spacial score (nSPS) is 16.9. The maximum absolute atomic E-state index is 15.1. The van der Waals surface area contributed by atoms with E-state index in [0.717, 1.165) is 0 Å². The number of benzene rings is 3. The van der Waals surface area contributed by atoms with Gasteiger partial charge < -0.3 is 29.6 Å². The van der Waals surface area contributed by atoms with Gasteiger partial charge in [0.15, 0.2) is 23.1 Å². The van der Waals surface area contributed by atoms with Crippen LogP contribution in [0.15, 0.2) is 66.9 Å². The SMILES string of the molecule is COc1ccc(NC(=O)[C@H]2[C@@H](C(=O)Nc3ccc(Oc4ccnc5cc(OC)c(OC)cc45)c(F)c3)C2(C)C)cc1. The van der Waals surface area contributed by atoms with Crippen molar-refractivity contribution in [2.75, 3.05) is 32.0 Å². The fourth-order valence-electron chi connectivity index (χ4n) is 5.05. The van der Waals surface area contributed by atoms with E-state index >= 15 is 4.39 Å². The van der Waals surface area contributed by atoms with E-state index in [-0.39, 0.29) is 23.3 Å². The van der Waals surface area contributed by atoms with Crippen molar-refractivity contribution < 1.29 is 32.9 Å². The Morgan fingerprint density at radius 3 is 1.98 bits per heavy atom. The zero-order valence-corrected chi connectivity index (χ0v) is 23.3. The standard InChI is InChI=1S/C31H30FN3O6/c1-31(2)27(29(36)34-17-6-9-19(38-3)10-7-17)28(31)30(37)35-18-8-11-24(21(32)14-18)41-23-12-13-33-22-16-26(40-5)25(39-4)15-20(22)23/h6-16,27-28H,1-5H3,(H,34,36)(H,35,37)/t27-,28+/m1/s1. The average Bonchev–Trinajstić information content (AvgIpc) is 3.56. The Balaban J connectivity index is 1.27. The molecule has 0 aliphatic heterocycles. The fourth-order valence-corrected chi connectivity index (χ4v) is 5.05. The highest BCUT2D eigenvalue weighted by atomic mass is 19.1. The van der Waals surface area contributed by atoms with E-state index in [0.29, 0.717) is 39.6 Å². The number of hydrogen-bond donors (Lipinski definition) is 2. The Morgan fingerprint density at radius 2 is 1.37 bits per heavy atom. The van der Waals surface area contributed by atoms with Gasteiger partial charge in [-0.25, -0.2) is 4.39 Å². The first kappa shape index (κ1) is 27.7. The minimum Gasteiger partial charge on any atom is -0.497 e. The molecular formula is C31H30FN3O6. The Labute approximate surface area is 236 Å². The Kier molecular flexibility index (Phi) is 7.40. The lowest BCUT2D eigenvalue weighted by Gasteiger charge is -2.13. The predicted molar refractivity (Wildman–Crippen MR) is 152 cm³/mol. The van der Waals surface area contributed by atoms with Crippen molar-refractivity contribution in [3.8, 4) is 28.7 Å². The third kappa shape index (κ3) is 5.45. The number of rotatable bonds is 9. The summed E-state index contributed by atoms with van der Waals surface area (Å²) in [5.74, 6) is -0.394. The molecule has 0 unspecified atom stereocenters. The highest BCUT2D eigenvalue weighted by molar-refractivity contribution is 6.04. The average molecular weight is 560 g/mol. The number of halogens is 1. The molecule has 1 aliphatic carbocycles. The van der Waals surface area contributed by atoms with Crippen LogP contribution in [0.5, 0.6) is 28.7 Å². The maximum Gasteiger partial charge on any atom is 0.228 e. The zero-order valence-electron chi connectivity index (χ0n) is 23.3. The predicted octanol–water partition coefficient (Wildman–Crippen LogP) is 6.04. The van der Waals surface area contributed by atoms with Gasteiger partial charge in [0, 0.05) is 35.1 Å². The van der Waals surface area contributed by atoms with Gasteiger partial charge in [-0.1, -0.05) is 13.8 Å². The van der Waals surface area contributed by atoms with Crippen molar-refractivity contribution >= 4 is 34.1 Å². The number of anilines is 2. The smallest absolute Gasteiger partial charge is 0.228 e. The van der Waals surface area contributed by atoms with Gasteiger partial charge in [-0.2, -0.15) is 0 Å². The number of aromatic nitrogens is 1. The van der Waals surface area contributed by atoms with E-state index in [1.165, 1.54) is 26.4 Å². The first-order valence-electron chi connectivity index (χ1n) is 12.9. The quantitative estimate of drug-likeness (QED) is 0.257. The molecule has 41 heavy (non-hydrogen) atoms. The van der Waals surface area contributed by atoms with Gasteiger partial charge in [0.05, 0.1) is 38.7 Å². The number of ether oxygens (including phenoxy) is 4. The number of fused-ring (bicyclic) bond motifs is 1. The van der Waals surface area contributed by atoms with Gasteiger partial charge in [-0.3, -0.25) is 14.6 Å². The molecule has 1 fully saturated rings. The summed E-state index contributed by atoms with van der Waals surface area (Å²) in [6.45, 7) is 3.72. The number of hydrogen-bond acceptors (Lipinski definition) is 7. The number of pyridine rings is 1. The van der Waals surface area contributed by atoms with Crippen molar-refractivity contribution in [2.24, 2.45) is 17.3 Å². The molecule has 0 bridgehead atoms. The van der Waals surface area contributed by atoms with Crippen LogP contribution in [0.4, 0.5) is 15.8 Å². The summed E-state index contributed by atoms with van der Waals surface area (Å²) in [4.78, 5) is 30.4. The third-order valence-electron chi connectivity index (χ3n) is 7.38. The van der Waals surface area contributed by atoms with E-state index in [4.69, 9.17) is 18.9 Å². The molecule has 9 nitrogen and oxygen atoms in total. The zero-order chi connectivity index (χ0) is 29.3. The first-order chi connectivity index (χ1) is 19.7. The largest absolute Gasteiger partial charge is 0.497 e. The number of carbonyl (C=O) groups excluding carboxylic acids is 2. The van der Waals surface area contributed by atoms with Crippen molar-refractivity contribution in [1.29, 1.82) is 0 Å². The monoisotopic (exact) mass is 559 g/mol. The van der Waals surface area contributed by atoms with Crippen LogP contribution in [0.25, 0.3) is 10.9 Å². The Morgan fingerprint density at radius 1 is 0.756 bits per heavy atom. The summed E-state index contributed by atoms with van der Waals surface area (Å²) in [6, 6.07) is 16.1. The summed E-state index contributed by atoms with van der Waals surface area (Å²) in [6.07, 6.45) is 1.55. The topological polar surface area (TPSA) is 108 Å². The van der Waals surface area contributed by atoms with Gasteiger partial charge in [-0.05, 0) is 53.9 Å². The van der Waals surface area contributed by atoms with Crippen LogP contribution in [-0.2, 0) is 9.59 Å². The molecule has 1 aromatic heterocycles. The van der Waals surface area contributed by atoms with Crippen molar-refractivity contribution in [3.05, 3.63) is 72.7 Å². The van der Waals surface area contributed by atoms with Gasteiger partial charge in [-0.15, -0.1) is 0 Å². The van der Waals surface area contributed by atoms with Crippen LogP contribution in [0, 0.1) is 23.1 Å². The lowest BCUT2D eigenvalue weighted by Crippen LogP contribution is -2.20. The molecule has 2 N–H and O–H groups in total. The molecule has 212 valence electrons. The van der Waals surface area contributed by atoms with E-state index in [9.17, 15) is 9.59 Å². The van der Waals surface area contributed by atoms with Gasteiger partial charge >= 0.3 is 0 Å². The lowest BCUT2D eigenvalue weighted by molar-refractivity contribution is -0.122. The number of amides is 2. The summed E-state index contributed by atoms with van der Waals surface area (Å²) < 4.78 is 36.8. The summed E-state index contributed by atoms with van der Waals surface area (Å²) in [5.41, 5.74) is 0.883. The van der Waals surface area contributed by atoms with Crippen molar-refractivity contribution in [1.82, 2.24) is 4.98 Å². The van der Waals surface area contributed by atoms with Crippen LogP contribution in [-0.4, -0.2) is 38.1 Å². The van der Waals surface area contributed by atoms with Gasteiger partial charge in [0.1, 0.15) is 11.5 Å². The number of nitrogens with zero attached hydrogens (tertiary/aromatic N) is 1. The second-order valence-corrected chi connectivity index (χ2v) is 10.3. The molecule has 2 atom stereocenters. The number of carbonyl (C=O) groups is 2. The Hall–Kier alpha value is -4.86. The molecule has 0 saturated heterocycles. The second kappa shape index (κ2) is 11.0. The van der Waals surface area contributed by atoms with Gasteiger partial charge in [0.25, 0.3) is 0 Å². The minimum absolute atomic E-state index is 0.0335. The maximum atomic E-state index is 15.1. The first-order valence-corrected chi connectivity index (χ1v) is 12.9. The molecule has 0 radical (unpaired) electrons. The number of nitrogens with one attached hydrogen (secondary N) is 2. The van der Waals surface area contributed by atoms with E-state index in [2.05, 4.69) is 15.6 Å². The van der Waals surface area contributed by atoms with E-state index in [1.807, 2.05) is 13.8 Å². The highest BCUT2D eigenvalue weighted by Crippen LogP contribution is 2.59. The van der Waals surface area contributed by atoms with Crippen molar-refractivity contribution in [3.63, 3.8) is 0 Å². The molecule has 10 heteroatoms. The van der Waals surface area contributed by atoms with Crippen LogP contribution in [0.3, 0.4) is 0 Å². The third-order valence-corrected chi connectivity index (χ3v) is 7.38. The van der Waals surface area contributed by atoms with Gasteiger partial charge in [0.2, 0.25) is 11.8 Å². The fraction of sp³-hybridized carbons (Fsp3) is 0.258. The highest BCUT2D eigenvalue weighted by Gasteiger charge is 2.65. The minimum atomic E-state index is -0.669. The second-order valence-electron chi connectivity index (χ2n) is 10.3. The molecule has 0 spiro atoms. The lowest BCUT2D eigenvalue weighted by atomic mass is 10.1. The molecule has 2 amide bonds. The molecule has 4 aromatic rings. The molecule has 1 saturated carbocycles. The van der Waals surface area contributed by atoms with Crippen LogP contribution in [0.1, 0.15) is 13.8 Å². The van der Waals surface area contributed by atoms with Crippen LogP contribution in [0.2, 0.25) is 0 Å². The summed E-state index contributed by atoms with van der Waals surface area (Å²) in [7, 11) is 4.61. The summed E-state index contributed by atoms with van der Waals surface area (Å²) >= 11 is 0. The molecular weight excluding hydrogens is 529 g/mol. The molecule has 1 aliphatic rings. The molecule has 3 aromatic carbocycles. The van der Waals surface area contributed by atoms with Crippen LogP contribution >= 0.6 is 0 Å². The Bertz CT molecular complexity index is 1620. The number of methoxy groups -OCH3 is 3.